The quantitative estimate of drug-likeness (QED) is 0.741. The zero-order valence-corrected chi connectivity index (χ0v) is 15.1. The van der Waals surface area contributed by atoms with Crippen molar-refractivity contribution in [1.82, 2.24) is 10.2 Å². The molecule has 4 rings (SSSR count). The Morgan fingerprint density at radius 3 is 2.73 bits per heavy atom. The molecule has 2 heterocycles. The normalized spacial score (nSPS) is 15.5. The number of rotatable bonds is 4. The maximum atomic E-state index is 12.4. The van der Waals surface area contributed by atoms with Gasteiger partial charge in [0.15, 0.2) is 11.5 Å². The van der Waals surface area contributed by atoms with E-state index in [2.05, 4.69) is 15.5 Å². The first-order valence-electron chi connectivity index (χ1n) is 7.93. The summed E-state index contributed by atoms with van der Waals surface area (Å²) in [5, 5.41) is 12.8. The summed E-state index contributed by atoms with van der Waals surface area (Å²) in [7, 11) is 0. The summed E-state index contributed by atoms with van der Waals surface area (Å²) in [5.74, 6) is 0.881. The lowest BCUT2D eigenvalue weighted by Crippen LogP contribution is -2.40. The summed E-state index contributed by atoms with van der Waals surface area (Å²) >= 11 is 7.21. The average molecular weight is 388 g/mol. The average Bonchev–Trinajstić information content (AvgIpc) is 3.10. The highest BCUT2D eigenvalue weighted by Crippen LogP contribution is 2.31. The fraction of sp³-hybridized carbons (Fsp3) is 0.167. The van der Waals surface area contributed by atoms with Crippen LogP contribution in [0.3, 0.4) is 0 Å². The van der Waals surface area contributed by atoms with Crippen molar-refractivity contribution in [3.05, 3.63) is 64.1 Å². The van der Waals surface area contributed by atoms with E-state index in [-0.39, 0.29) is 12.5 Å². The Morgan fingerprint density at radius 1 is 1.15 bits per heavy atom. The van der Waals surface area contributed by atoms with Crippen LogP contribution < -0.4 is 14.8 Å². The van der Waals surface area contributed by atoms with Gasteiger partial charge in [0.25, 0.3) is 5.91 Å². The van der Waals surface area contributed by atoms with E-state index in [1.54, 1.807) is 12.1 Å². The number of carbonyl (C=O) groups excluding carboxylic acids is 1. The van der Waals surface area contributed by atoms with Gasteiger partial charge < -0.3 is 9.47 Å². The van der Waals surface area contributed by atoms with Crippen LogP contribution in [-0.2, 0) is 11.2 Å². The van der Waals surface area contributed by atoms with Crippen LogP contribution in [0.2, 0.25) is 5.02 Å². The first kappa shape index (κ1) is 16.8. The number of ether oxygens (including phenoxy) is 2. The van der Waals surface area contributed by atoms with Crippen molar-refractivity contribution >= 4 is 34.0 Å². The van der Waals surface area contributed by atoms with Gasteiger partial charge in [0.1, 0.15) is 11.6 Å². The summed E-state index contributed by atoms with van der Waals surface area (Å²) in [6, 6.07) is 14.8. The zero-order valence-electron chi connectivity index (χ0n) is 13.5. The molecule has 1 atom stereocenters. The molecule has 0 saturated heterocycles. The van der Waals surface area contributed by atoms with E-state index in [9.17, 15) is 4.79 Å². The molecule has 0 saturated carbocycles. The molecule has 0 spiro atoms. The van der Waals surface area contributed by atoms with Crippen LogP contribution in [0.4, 0.5) is 5.13 Å². The highest BCUT2D eigenvalue weighted by molar-refractivity contribution is 7.15. The van der Waals surface area contributed by atoms with Gasteiger partial charge >= 0.3 is 0 Å². The van der Waals surface area contributed by atoms with Crippen molar-refractivity contribution in [2.24, 2.45) is 0 Å². The van der Waals surface area contributed by atoms with Gasteiger partial charge in [-0.1, -0.05) is 47.2 Å². The van der Waals surface area contributed by atoms with Gasteiger partial charge in [-0.3, -0.25) is 10.1 Å². The summed E-state index contributed by atoms with van der Waals surface area (Å²) < 4.78 is 11.2. The van der Waals surface area contributed by atoms with E-state index in [0.29, 0.717) is 28.1 Å². The van der Waals surface area contributed by atoms with Crippen molar-refractivity contribution in [2.45, 2.75) is 12.5 Å². The fourth-order valence-corrected chi connectivity index (χ4v) is 3.39. The molecule has 0 fully saturated rings. The van der Waals surface area contributed by atoms with Crippen LogP contribution in [0.1, 0.15) is 10.6 Å². The largest absolute Gasteiger partial charge is 0.485 e. The van der Waals surface area contributed by atoms with Crippen LogP contribution in [0.15, 0.2) is 48.5 Å². The number of para-hydroxylation sites is 2. The predicted octanol–water partition coefficient (Wildman–Crippen LogP) is 3.56. The number of benzene rings is 2. The van der Waals surface area contributed by atoms with Crippen LogP contribution in [0.5, 0.6) is 11.5 Å². The molecular weight excluding hydrogens is 374 g/mol. The Balaban J connectivity index is 1.38. The number of hydrogen-bond donors (Lipinski definition) is 1. The molecule has 0 radical (unpaired) electrons. The minimum absolute atomic E-state index is 0.152. The highest BCUT2D eigenvalue weighted by Gasteiger charge is 2.28. The van der Waals surface area contributed by atoms with E-state index < -0.39 is 6.10 Å². The molecule has 1 unspecified atom stereocenters. The number of carbonyl (C=O) groups is 1. The lowest BCUT2D eigenvalue weighted by Gasteiger charge is -2.25. The lowest BCUT2D eigenvalue weighted by molar-refractivity contribution is -0.125. The second-order valence-corrected chi connectivity index (χ2v) is 7.16. The molecule has 0 aliphatic carbocycles. The molecule has 1 aliphatic heterocycles. The summed E-state index contributed by atoms with van der Waals surface area (Å²) in [6.45, 7) is 0.152. The highest BCUT2D eigenvalue weighted by atomic mass is 35.5. The fourth-order valence-electron chi connectivity index (χ4n) is 2.49. The topological polar surface area (TPSA) is 73.3 Å². The third kappa shape index (κ3) is 3.79. The summed E-state index contributed by atoms with van der Waals surface area (Å²) in [6.07, 6.45) is -0.102. The van der Waals surface area contributed by atoms with E-state index in [0.717, 1.165) is 10.6 Å². The van der Waals surface area contributed by atoms with Crippen LogP contribution in [0, 0.1) is 0 Å². The number of nitrogens with zero attached hydrogens (tertiary/aromatic N) is 2. The van der Waals surface area contributed by atoms with Gasteiger partial charge in [-0.05, 0) is 29.8 Å². The lowest BCUT2D eigenvalue weighted by atomic mass is 10.2. The standard InChI is InChI=1S/C18H14ClN3O3S/c19-12-7-5-11(6-8-12)9-16-21-22-18(26-16)20-17(23)15-10-24-13-3-1-2-4-14(13)25-15/h1-8,15H,9-10H2,(H,20,22,23). The minimum Gasteiger partial charge on any atom is -0.485 e. The van der Waals surface area contributed by atoms with Crippen molar-refractivity contribution in [3.8, 4) is 11.5 Å². The molecule has 1 N–H and O–H groups in total. The Kier molecular flexibility index (Phi) is 4.73. The van der Waals surface area contributed by atoms with Crippen LogP contribution in [0.25, 0.3) is 0 Å². The number of fused-ring (bicyclic) bond motifs is 1. The predicted molar refractivity (Wildman–Crippen MR) is 99.1 cm³/mol. The second-order valence-electron chi connectivity index (χ2n) is 5.66. The summed E-state index contributed by atoms with van der Waals surface area (Å²) in [4.78, 5) is 12.4. The monoisotopic (exact) mass is 387 g/mol. The molecular formula is C18H14ClN3O3S. The third-order valence-electron chi connectivity index (χ3n) is 3.77. The number of nitrogens with one attached hydrogen (secondary N) is 1. The molecule has 0 bridgehead atoms. The van der Waals surface area contributed by atoms with E-state index >= 15 is 0 Å². The number of amides is 1. The van der Waals surface area contributed by atoms with Gasteiger partial charge in [-0.15, -0.1) is 10.2 Å². The minimum atomic E-state index is -0.728. The number of hydrogen-bond acceptors (Lipinski definition) is 6. The van der Waals surface area contributed by atoms with Crippen LogP contribution >= 0.6 is 22.9 Å². The Labute approximate surface area is 158 Å². The Bertz CT molecular complexity index is 929. The van der Waals surface area contributed by atoms with Crippen molar-refractivity contribution in [1.29, 1.82) is 0 Å². The van der Waals surface area contributed by atoms with Gasteiger partial charge in [-0.25, -0.2) is 0 Å². The van der Waals surface area contributed by atoms with Gasteiger partial charge in [0.2, 0.25) is 11.2 Å². The zero-order chi connectivity index (χ0) is 17.9. The first-order chi connectivity index (χ1) is 12.7. The molecule has 1 aliphatic rings. The molecule has 26 heavy (non-hydrogen) atoms. The molecule has 2 aromatic carbocycles. The SMILES string of the molecule is O=C(Nc1nnc(Cc2ccc(Cl)cc2)s1)C1COc2ccccc2O1. The van der Waals surface area contributed by atoms with Gasteiger partial charge in [-0.2, -0.15) is 0 Å². The van der Waals surface area contributed by atoms with Crippen molar-refractivity contribution < 1.29 is 14.3 Å². The smallest absolute Gasteiger partial charge is 0.270 e. The molecule has 3 aromatic rings. The molecule has 1 amide bonds. The molecule has 6 nitrogen and oxygen atoms in total. The second kappa shape index (κ2) is 7.31. The number of halogens is 1. The van der Waals surface area contributed by atoms with E-state index in [4.69, 9.17) is 21.1 Å². The first-order valence-corrected chi connectivity index (χ1v) is 9.13. The van der Waals surface area contributed by atoms with Crippen molar-refractivity contribution in [3.63, 3.8) is 0 Å². The third-order valence-corrected chi connectivity index (χ3v) is 4.86. The maximum Gasteiger partial charge on any atom is 0.270 e. The van der Waals surface area contributed by atoms with E-state index in [1.165, 1.54) is 11.3 Å². The van der Waals surface area contributed by atoms with Gasteiger partial charge in [0, 0.05) is 11.4 Å². The summed E-state index contributed by atoms with van der Waals surface area (Å²) in [5.41, 5.74) is 1.07. The molecule has 1 aromatic heterocycles. The van der Waals surface area contributed by atoms with Crippen molar-refractivity contribution in [2.75, 3.05) is 11.9 Å². The van der Waals surface area contributed by atoms with E-state index in [1.807, 2.05) is 36.4 Å². The Morgan fingerprint density at radius 2 is 1.92 bits per heavy atom. The van der Waals surface area contributed by atoms with Crippen LogP contribution in [-0.4, -0.2) is 28.8 Å². The maximum absolute atomic E-state index is 12.4. The van der Waals surface area contributed by atoms with Gasteiger partial charge in [0.05, 0.1) is 0 Å². The molecule has 132 valence electrons. The Hall–Kier alpha value is -2.64. The number of anilines is 1. The number of aromatic nitrogens is 2. The molecule has 8 heteroatoms.